The van der Waals surface area contributed by atoms with Gasteiger partial charge in [0.1, 0.15) is 0 Å². The van der Waals surface area contributed by atoms with Crippen molar-refractivity contribution in [3.63, 3.8) is 0 Å². The number of rotatable bonds is 7. The van der Waals surface area contributed by atoms with Gasteiger partial charge in [0.25, 0.3) is 0 Å². The second-order valence-corrected chi connectivity index (χ2v) is 6.62. The van der Waals surface area contributed by atoms with Gasteiger partial charge in [0.15, 0.2) is 0 Å². The fourth-order valence-electron chi connectivity index (χ4n) is 2.73. The van der Waals surface area contributed by atoms with Crippen LogP contribution in [-0.4, -0.2) is 0 Å². The van der Waals surface area contributed by atoms with E-state index in [-0.39, 0.29) is 11.8 Å². The van der Waals surface area contributed by atoms with E-state index in [1.807, 2.05) is 0 Å². The lowest BCUT2D eigenvalue weighted by molar-refractivity contribution is 0.414. The molecule has 0 bridgehead atoms. The molecule has 1 atom stereocenters. The molecule has 21 heavy (non-hydrogen) atoms. The van der Waals surface area contributed by atoms with E-state index in [0.29, 0.717) is 21.2 Å². The molecule has 0 saturated carbocycles. The fraction of sp³-hybridized carbons (Fsp3) is 0.625. The summed E-state index contributed by atoms with van der Waals surface area (Å²) in [5.74, 6) is -0.0404. The van der Waals surface area contributed by atoms with Crippen LogP contribution in [0.15, 0.2) is 21.2 Å². The summed E-state index contributed by atoms with van der Waals surface area (Å²) in [7, 11) is 0. The Morgan fingerprint density at radius 3 is 2.05 bits per heavy atom. The van der Waals surface area contributed by atoms with E-state index in [4.69, 9.17) is 11.5 Å². The summed E-state index contributed by atoms with van der Waals surface area (Å²) < 4.78 is 0. The van der Waals surface area contributed by atoms with Gasteiger partial charge in [-0.25, -0.2) is 0 Å². The first-order valence-corrected chi connectivity index (χ1v) is 8.35. The lowest BCUT2D eigenvalue weighted by Gasteiger charge is -2.28. The smallest absolute Gasteiger partial charge is 0.0981 e. The van der Waals surface area contributed by atoms with Crippen LogP contribution < -0.4 is 11.5 Å². The molecule has 1 rings (SSSR count). The van der Waals surface area contributed by atoms with Gasteiger partial charge >= 0.3 is 0 Å². The maximum atomic E-state index is 9.35. The Balaban J connectivity index is 2.78. The van der Waals surface area contributed by atoms with Crippen LogP contribution in [0.1, 0.15) is 52.4 Å². The van der Waals surface area contributed by atoms with Crippen LogP contribution in [0.2, 0.25) is 0 Å². The first kappa shape index (κ1) is 17.5. The summed E-state index contributed by atoms with van der Waals surface area (Å²) in [5, 5.41) is 19.6. The minimum atomic E-state index is -0.243. The lowest BCUT2D eigenvalue weighted by atomic mass is 9.79. The van der Waals surface area contributed by atoms with Gasteiger partial charge < -0.3 is 11.5 Å². The quantitative estimate of drug-likeness (QED) is 0.698. The fourth-order valence-corrected chi connectivity index (χ4v) is 3.54. The average molecular weight is 304 g/mol. The second-order valence-electron chi connectivity index (χ2n) is 5.54. The summed E-state index contributed by atoms with van der Waals surface area (Å²) in [4.78, 5) is 0. The van der Waals surface area contributed by atoms with Crippen molar-refractivity contribution in [3.05, 3.63) is 21.2 Å². The zero-order valence-electron chi connectivity index (χ0n) is 12.9. The predicted octanol–water partition coefficient (Wildman–Crippen LogP) is 3.73. The van der Waals surface area contributed by atoms with Crippen molar-refractivity contribution in [2.75, 3.05) is 0 Å². The molecule has 1 aliphatic heterocycles. The van der Waals surface area contributed by atoms with Crippen LogP contribution in [0.4, 0.5) is 0 Å². The molecule has 0 aromatic heterocycles. The monoisotopic (exact) mass is 304 g/mol. The van der Waals surface area contributed by atoms with Crippen LogP contribution in [0, 0.1) is 34.5 Å². The number of thioether (sulfide) groups is 1. The van der Waals surface area contributed by atoms with Gasteiger partial charge in [-0.2, -0.15) is 10.5 Å². The van der Waals surface area contributed by atoms with Crippen molar-refractivity contribution in [2.24, 2.45) is 23.3 Å². The lowest BCUT2D eigenvalue weighted by Crippen LogP contribution is -2.24. The average Bonchev–Trinajstić information content (AvgIpc) is 2.46. The normalized spacial score (nSPS) is 17.5. The van der Waals surface area contributed by atoms with Gasteiger partial charge in [0.05, 0.1) is 33.3 Å². The molecular weight excluding hydrogens is 280 g/mol. The number of nitrogens with two attached hydrogens (primary N) is 2. The maximum Gasteiger partial charge on any atom is 0.0981 e. The van der Waals surface area contributed by atoms with E-state index in [2.05, 4.69) is 26.0 Å². The van der Waals surface area contributed by atoms with E-state index >= 15 is 0 Å². The first-order valence-electron chi connectivity index (χ1n) is 7.54. The molecular formula is C16H24N4S. The molecule has 114 valence electrons. The summed E-state index contributed by atoms with van der Waals surface area (Å²) in [6.45, 7) is 4.28. The standard InChI is InChI=1S/C16H24N4S/c1-3-4-5-6-7-8-11(2)14-12(9-17)15(19)21-16(20)13(14)10-18/h11,14H,3-8,19-20H2,1-2H3/t11-/m0/s1. The van der Waals surface area contributed by atoms with E-state index in [1.165, 1.54) is 25.7 Å². The van der Waals surface area contributed by atoms with E-state index in [9.17, 15) is 10.5 Å². The molecule has 0 fully saturated rings. The summed E-state index contributed by atoms with van der Waals surface area (Å²) >= 11 is 1.13. The Bertz CT molecular complexity index is 471. The molecule has 0 radical (unpaired) electrons. The highest BCUT2D eigenvalue weighted by molar-refractivity contribution is 8.06. The van der Waals surface area contributed by atoms with Gasteiger partial charge in [-0.05, 0) is 12.3 Å². The van der Waals surface area contributed by atoms with Crippen LogP contribution in [0.3, 0.4) is 0 Å². The zero-order valence-corrected chi connectivity index (χ0v) is 13.7. The molecule has 1 aliphatic rings. The highest BCUT2D eigenvalue weighted by Gasteiger charge is 2.33. The molecule has 0 aromatic rings. The summed E-state index contributed by atoms with van der Waals surface area (Å²) in [5.41, 5.74) is 12.8. The second kappa shape index (κ2) is 8.64. The number of nitriles is 2. The molecule has 0 aliphatic carbocycles. The molecule has 0 amide bonds. The number of allylic oxidation sites excluding steroid dienone is 2. The highest BCUT2D eigenvalue weighted by Crippen LogP contribution is 2.41. The van der Waals surface area contributed by atoms with E-state index in [0.717, 1.165) is 24.6 Å². The maximum absolute atomic E-state index is 9.35. The predicted molar refractivity (Wildman–Crippen MR) is 87.3 cm³/mol. The minimum Gasteiger partial charge on any atom is -0.392 e. The topological polar surface area (TPSA) is 99.6 Å². The highest BCUT2D eigenvalue weighted by atomic mass is 32.2. The third-order valence-corrected chi connectivity index (χ3v) is 4.83. The van der Waals surface area contributed by atoms with E-state index < -0.39 is 0 Å². The largest absolute Gasteiger partial charge is 0.392 e. The number of hydrogen-bond donors (Lipinski definition) is 2. The van der Waals surface area contributed by atoms with Crippen molar-refractivity contribution in [2.45, 2.75) is 52.4 Å². The SMILES string of the molecule is CCCCCCC[C@H](C)C1C(C#N)=C(N)SC(N)=C1C#N. The molecule has 5 heteroatoms. The molecule has 4 nitrogen and oxygen atoms in total. The van der Waals surface area contributed by atoms with Crippen molar-refractivity contribution in [3.8, 4) is 12.1 Å². The van der Waals surface area contributed by atoms with Crippen molar-refractivity contribution in [1.82, 2.24) is 0 Å². The molecule has 0 unspecified atom stereocenters. The summed E-state index contributed by atoms with van der Waals surface area (Å²) in [6, 6.07) is 4.35. The van der Waals surface area contributed by atoms with Crippen LogP contribution in [0.5, 0.6) is 0 Å². The Morgan fingerprint density at radius 1 is 1.05 bits per heavy atom. The third kappa shape index (κ3) is 4.44. The van der Waals surface area contributed by atoms with Crippen molar-refractivity contribution in [1.29, 1.82) is 10.5 Å². The third-order valence-electron chi connectivity index (χ3n) is 3.95. The molecule has 1 heterocycles. The van der Waals surface area contributed by atoms with Gasteiger partial charge in [0, 0.05) is 5.92 Å². The van der Waals surface area contributed by atoms with Gasteiger partial charge in [-0.1, -0.05) is 57.7 Å². The van der Waals surface area contributed by atoms with Crippen LogP contribution in [0.25, 0.3) is 0 Å². The number of unbranched alkanes of at least 4 members (excludes halogenated alkanes) is 4. The van der Waals surface area contributed by atoms with Gasteiger partial charge in [-0.3, -0.25) is 0 Å². The molecule has 0 spiro atoms. The Hall–Kier alpha value is -1.59. The van der Waals surface area contributed by atoms with Gasteiger partial charge in [0.2, 0.25) is 0 Å². The molecule has 0 aromatic carbocycles. The molecule has 0 saturated heterocycles. The Kier molecular flexibility index (Phi) is 7.19. The number of hydrogen-bond acceptors (Lipinski definition) is 5. The van der Waals surface area contributed by atoms with Crippen molar-refractivity contribution >= 4 is 11.8 Å². The van der Waals surface area contributed by atoms with Crippen molar-refractivity contribution < 1.29 is 0 Å². The minimum absolute atomic E-state index is 0.203. The Labute approximate surface area is 131 Å². The van der Waals surface area contributed by atoms with E-state index in [1.54, 1.807) is 0 Å². The summed E-state index contributed by atoms with van der Waals surface area (Å²) in [6.07, 6.45) is 7.03. The van der Waals surface area contributed by atoms with Gasteiger partial charge in [-0.15, -0.1) is 0 Å². The molecule has 4 N–H and O–H groups in total. The Morgan fingerprint density at radius 2 is 1.57 bits per heavy atom. The van der Waals surface area contributed by atoms with Crippen LogP contribution in [-0.2, 0) is 0 Å². The number of nitrogens with zero attached hydrogens (tertiary/aromatic N) is 2. The first-order chi connectivity index (χ1) is 10.1. The van der Waals surface area contributed by atoms with Crippen LogP contribution >= 0.6 is 11.8 Å². The zero-order chi connectivity index (χ0) is 15.8.